The van der Waals surface area contributed by atoms with Gasteiger partial charge in [-0.2, -0.15) is 0 Å². The molecule has 1 nitrogen and oxygen atoms in total. The fraction of sp³-hybridized carbons (Fsp3) is 0.0462. The van der Waals surface area contributed by atoms with Crippen molar-refractivity contribution in [3.8, 4) is 55.6 Å². The smallest absolute Gasteiger partial charge is 0.135 e. The Hall–Kier alpha value is -8.26. The number of rotatable bonds is 4. The summed E-state index contributed by atoms with van der Waals surface area (Å²) in [5.74, 6) is 0. The van der Waals surface area contributed by atoms with Gasteiger partial charge < -0.3 is 4.42 Å². The Morgan fingerprint density at radius 3 is 1.42 bits per heavy atom. The van der Waals surface area contributed by atoms with Crippen LogP contribution in [0.15, 0.2) is 223 Å². The zero-order valence-corrected chi connectivity index (χ0v) is 36.7. The first-order valence-corrected chi connectivity index (χ1v) is 23.1. The molecule has 0 aliphatic heterocycles. The quantitative estimate of drug-likeness (QED) is 0.127. The monoisotopic (exact) mass is 838 g/mol. The molecule has 12 aromatic carbocycles. The van der Waals surface area contributed by atoms with E-state index in [2.05, 4.69) is 232 Å². The highest BCUT2D eigenvalue weighted by Crippen LogP contribution is 2.55. The van der Waals surface area contributed by atoms with Gasteiger partial charge in [-0.1, -0.05) is 202 Å². The maximum atomic E-state index is 6.61. The minimum Gasteiger partial charge on any atom is -0.456 e. The molecule has 0 amide bonds. The number of hydrogen-bond acceptors (Lipinski definition) is 1. The summed E-state index contributed by atoms with van der Waals surface area (Å²) in [6, 6.07) is 80.8. The largest absolute Gasteiger partial charge is 0.456 e. The molecule has 0 bridgehead atoms. The van der Waals surface area contributed by atoms with E-state index in [4.69, 9.17) is 4.42 Å². The van der Waals surface area contributed by atoms with Gasteiger partial charge in [-0.15, -0.1) is 0 Å². The van der Waals surface area contributed by atoms with E-state index in [1.807, 2.05) is 0 Å². The van der Waals surface area contributed by atoms with Crippen LogP contribution in [0.3, 0.4) is 0 Å². The van der Waals surface area contributed by atoms with Gasteiger partial charge in [-0.25, -0.2) is 0 Å². The lowest BCUT2D eigenvalue weighted by Crippen LogP contribution is -2.15. The summed E-state index contributed by atoms with van der Waals surface area (Å²) in [5, 5.41) is 15.0. The molecule has 0 radical (unpaired) electrons. The Balaban J connectivity index is 0.947. The van der Waals surface area contributed by atoms with Crippen LogP contribution in [0.1, 0.15) is 25.0 Å². The molecule has 13 aromatic rings. The normalized spacial score (nSPS) is 13.1. The van der Waals surface area contributed by atoms with E-state index in [9.17, 15) is 0 Å². The summed E-state index contributed by atoms with van der Waals surface area (Å²) < 4.78 is 6.61. The highest BCUT2D eigenvalue weighted by Gasteiger charge is 2.38. The van der Waals surface area contributed by atoms with Gasteiger partial charge in [0, 0.05) is 16.2 Å². The van der Waals surface area contributed by atoms with Gasteiger partial charge in [-0.3, -0.25) is 0 Å². The molecule has 0 fully saturated rings. The summed E-state index contributed by atoms with van der Waals surface area (Å²) in [5.41, 5.74) is 16.9. The zero-order valence-electron chi connectivity index (χ0n) is 36.7. The second kappa shape index (κ2) is 13.9. The molecule has 0 atom stereocenters. The van der Waals surface area contributed by atoms with E-state index in [0.29, 0.717) is 0 Å². The van der Waals surface area contributed by atoms with Crippen molar-refractivity contribution >= 4 is 75.8 Å². The summed E-state index contributed by atoms with van der Waals surface area (Å²) in [6.07, 6.45) is 0. The van der Waals surface area contributed by atoms with E-state index in [-0.39, 0.29) is 5.41 Å². The van der Waals surface area contributed by atoms with Crippen molar-refractivity contribution < 1.29 is 4.42 Å². The van der Waals surface area contributed by atoms with Gasteiger partial charge in [0.15, 0.2) is 0 Å². The van der Waals surface area contributed by atoms with Crippen LogP contribution in [0.4, 0.5) is 0 Å². The molecule has 1 heteroatoms. The maximum absolute atomic E-state index is 6.61. The maximum Gasteiger partial charge on any atom is 0.135 e. The minimum absolute atomic E-state index is 0.138. The second-order valence-corrected chi connectivity index (χ2v) is 18.7. The minimum atomic E-state index is -0.138. The van der Waals surface area contributed by atoms with Crippen molar-refractivity contribution in [2.24, 2.45) is 0 Å². The molecular formula is C65H42O. The molecule has 14 rings (SSSR count). The molecule has 1 heterocycles. The van der Waals surface area contributed by atoms with E-state index in [1.165, 1.54) is 121 Å². The van der Waals surface area contributed by atoms with E-state index >= 15 is 0 Å². The number of hydrogen-bond donors (Lipinski definition) is 0. The molecule has 1 aliphatic rings. The fourth-order valence-electron chi connectivity index (χ4n) is 11.9. The van der Waals surface area contributed by atoms with Crippen molar-refractivity contribution in [3.05, 3.63) is 230 Å². The second-order valence-electron chi connectivity index (χ2n) is 18.7. The predicted molar refractivity (Wildman–Crippen MR) is 281 cm³/mol. The van der Waals surface area contributed by atoms with Crippen molar-refractivity contribution in [3.63, 3.8) is 0 Å². The number of furan rings is 1. The van der Waals surface area contributed by atoms with Gasteiger partial charge in [0.05, 0.1) is 0 Å². The SMILES string of the molecule is CC1(C)c2ccc(-c3ccc4oc5ccc(-c6c7ccccc7c(-c7ccccc7-c7cccc8ccccc78)c7ccccc67)cc5c4c3)cc2-c2c1c1ccccc1c1ccccc21. The Kier molecular flexibility index (Phi) is 7.81. The standard InChI is InChI=1S/C65H42O/c1-65(2)58-33-30-40(37-57(58)63-49-23-9-6-20-46(49)47-21-7-14-28-54(47)64(63)65)41-31-34-59-55(36-41)56-38-42(32-35-60(56)66-59)61-50-24-10-12-26-52(50)62(53-27-13-11-25-51(53)61)48-22-8-5-19-45(48)44-29-15-17-39-16-3-4-18-43(39)44/h3-38H,1-2H3. The number of fused-ring (bicyclic) bond motifs is 14. The Morgan fingerprint density at radius 1 is 0.288 bits per heavy atom. The highest BCUT2D eigenvalue weighted by molar-refractivity contribution is 6.24. The van der Waals surface area contributed by atoms with Crippen molar-refractivity contribution in [1.82, 2.24) is 0 Å². The molecule has 308 valence electrons. The lowest BCUT2D eigenvalue weighted by atomic mass is 9.79. The topological polar surface area (TPSA) is 13.1 Å². The molecule has 0 unspecified atom stereocenters. The molecule has 0 N–H and O–H groups in total. The van der Waals surface area contributed by atoms with Crippen molar-refractivity contribution in [2.45, 2.75) is 19.3 Å². The predicted octanol–water partition coefficient (Wildman–Crippen LogP) is 18.3. The van der Waals surface area contributed by atoms with Crippen LogP contribution in [0.5, 0.6) is 0 Å². The molecule has 1 aromatic heterocycles. The zero-order chi connectivity index (χ0) is 43.7. The third-order valence-electron chi connectivity index (χ3n) is 14.8. The van der Waals surface area contributed by atoms with Gasteiger partial charge >= 0.3 is 0 Å². The van der Waals surface area contributed by atoms with Crippen LogP contribution < -0.4 is 0 Å². The van der Waals surface area contributed by atoms with Gasteiger partial charge in [0.2, 0.25) is 0 Å². The fourth-order valence-corrected chi connectivity index (χ4v) is 11.9. The first-order valence-electron chi connectivity index (χ1n) is 23.1. The van der Waals surface area contributed by atoms with Gasteiger partial charge in [0.1, 0.15) is 11.2 Å². The summed E-state index contributed by atoms with van der Waals surface area (Å²) in [7, 11) is 0. The molecular weight excluding hydrogens is 797 g/mol. The lowest BCUT2D eigenvalue weighted by Gasteiger charge is -2.24. The van der Waals surface area contributed by atoms with Gasteiger partial charge in [0.25, 0.3) is 0 Å². The number of benzene rings is 12. The lowest BCUT2D eigenvalue weighted by molar-refractivity contribution is 0.666. The summed E-state index contributed by atoms with van der Waals surface area (Å²) in [6.45, 7) is 4.79. The van der Waals surface area contributed by atoms with Crippen LogP contribution >= 0.6 is 0 Å². The summed E-state index contributed by atoms with van der Waals surface area (Å²) >= 11 is 0. The van der Waals surface area contributed by atoms with Crippen molar-refractivity contribution in [1.29, 1.82) is 0 Å². The van der Waals surface area contributed by atoms with Crippen LogP contribution in [0.25, 0.3) is 131 Å². The first-order chi connectivity index (χ1) is 32.5. The third-order valence-corrected chi connectivity index (χ3v) is 14.8. The van der Waals surface area contributed by atoms with Crippen LogP contribution in [-0.2, 0) is 5.41 Å². The molecule has 0 saturated carbocycles. The van der Waals surface area contributed by atoms with E-state index in [0.717, 1.165) is 21.9 Å². The van der Waals surface area contributed by atoms with Crippen LogP contribution in [0, 0.1) is 0 Å². The van der Waals surface area contributed by atoms with Crippen LogP contribution in [-0.4, -0.2) is 0 Å². The molecule has 0 saturated heterocycles. The van der Waals surface area contributed by atoms with Gasteiger partial charge in [-0.05, 0) is 151 Å². The van der Waals surface area contributed by atoms with Crippen molar-refractivity contribution in [2.75, 3.05) is 0 Å². The van der Waals surface area contributed by atoms with E-state index in [1.54, 1.807) is 0 Å². The first kappa shape index (κ1) is 37.1. The Bertz CT molecular complexity index is 4140. The van der Waals surface area contributed by atoms with Crippen LogP contribution in [0.2, 0.25) is 0 Å². The summed E-state index contributed by atoms with van der Waals surface area (Å²) in [4.78, 5) is 0. The average molecular weight is 839 g/mol. The molecule has 66 heavy (non-hydrogen) atoms. The highest BCUT2D eigenvalue weighted by atomic mass is 16.3. The van der Waals surface area contributed by atoms with E-state index < -0.39 is 0 Å². The molecule has 1 aliphatic carbocycles. The Labute approximate surface area is 382 Å². The third kappa shape index (κ3) is 5.23. The molecule has 0 spiro atoms. The average Bonchev–Trinajstić information content (AvgIpc) is 3.86. The Morgan fingerprint density at radius 2 is 0.742 bits per heavy atom.